The Labute approximate surface area is 165 Å². The standard InChI is InChI=1S/C24H28N2O2/c1-16-11-12-19(22-23(27)18-8-2-3-10-21(18)28-24(16)22)25-15-17-7-6-14-26-13-5-4-9-20(17)26/h2-3,8,10-12,17,20,25H,4-7,9,13-15H2,1H3/t17-,20+/m0/s1. The van der Waals surface area contributed by atoms with Gasteiger partial charge in [0, 0.05) is 18.3 Å². The number of hydrogen-bond donors (Lipinski definition) is 1. The highest BCUT2D eigenvalue weighted by molar-refractivity contribution is 5.98. The van der Waals surface area contributed by atoms with Gasteiger partial charge in [0.1, 0.15) is 11.2 Å². The Morgan fingerprint density at radius 1 is 1.07 bits per heavy atom. The highest BCUT2D eigenvalue weighted by atomic mass is 16.3. The van der Waals surface area contributed by atoms with Crippen LogP contribution in [-0.4, -0.2) is 30.6 Å². The largest absolute Gasteiger partial charge is 0.455 e. The van der Waals surface area contributed by atoms with Crippen LogP contribution in [0.3, 0.4) is 0 Å². The normalized spacial score (nSPS) is 23.0. The fourth-order valence-electron chi connectivity index (χ4n) is 5.24. The fraction of sp³-hybridized carbons (Fsp3) is 0.458. The third kappa shape index (κ3) is 3.00. The molecule has 4 nitrogen and oxygen atoms in total. The van der Waals surface area contributed by atoms with Gasteiger partial charge in [-0.15, -0.1) is 0 Å². The van der Waals surface area contributed by atoms with Gasteiger partial charge in [-0.05, 0) is 75.4 Å². The van der Waals surface area contributed by atoms with E-state index in [9.17, 15) is 4.79 Å². The second kappa shape index (κ2) is 7.25. The van der Waals surface area contributed by atoms with E-state index in [4.69, 9.17) is 4.42 Å². The van der Waals surface area contributed by atoms with Crippen molar-refractivity contribution in [1.29, 1.82) is 0 Å². The van der Waals surface area contributed by atoms with Gasteiger partial charge in [0.25, 0.3) is 0 Å². The van der Waals surface area contributed by atoms with Crippen LogP contribution >= 0.6 is 0 Å². The van der Waals surface area contributed by atoms with Crippen LogP contribution in [0.1, 0.15) is 37.7 Å². The Bertz CT molecular complexity index is 1070. The van der Waals surface area contributed by atoms with Gasteiger partial charge in [-0.2, -0.15) is 0 Å². The lowest BCUT2D eigenvalue weighted by Crippen LogP contribution is -2.49. The van der Waals surface area contributed by atoms with Gasteiger partial charge in [-0.3, -0.25) is 4.79 Å². The Hall–Kier alpha value is -2.33. The molecule has 2 atom stereocenters. The molecule has 2 saturated heterocycles. The van der Waals surface area contributed by atoms with Gasteiger partial charge in [-0.1, -0.05) is 24.6 Å². The predicted octanol–water partition coefficient (Wildman–Crippen LogP) is 4.93. The number of fused-ring (bicyclic) bond motifs is 3. The van der Waals surface area contributed by atoms with Crippen molar-refractivity contribution >= 4 is 27.6 Å². The van der Waals surface area contributed by atoms with E-state index in [2.05, 4.69) is 16.3 Å². The van der Waals surface area contributed by atoms with Crippen molar-refractivity contribution in [3.05, 3.63) is 52.2 Å². The number of para-hydroxylation sites is 1. The first-order valence-electron chi connectivity index (χ1n) is 10.7. The second-order valence-corrected chi connectivity index (χ2v) is 8.44. The number of anilines is 1. The molecule has 5 rings (SSSR count). The number of piperidine rings is 2. The summed E-state index contributed by atoms with van der Waals surface area (Å²) >= 11 is 0. The molecule has 4 heteroatoms. The molecule has 0 aliphatic carbocycles. The van der Waals surface area contributed by atoms with Crippen LogP contribution in [0, 0.1) is 12.8 Å². The third-order valence-electron chi connectivity index (χ3n) is 6.71. The van der Waals surface area contributed by atoms with Crippen molar-refractivity contribution in [1.82, 2.24) is 4.90 Å². The van der Waals surface area contributed by atoms with Gasteiger partial charge in [0.15, 0.2) is 0 Å². The molecule has 2 aliphatic rings. The molecule has 0 amide bonds. The van der Waals surface area contributed by atoms with Crippen molar-refractivity contribution in [2.75, 3.05) is 25.0 Å². The molecular weight excluding hydrogens is 348 g/mol. The minimum Gasteiger partial charge on any atom is -0.455 e. The minimum atomic E-state index is 0.0611. The van der Waals surface area contributed by atoms with Crippen molar-refractivity contribution in [3.63, 3.8) is 0 Å². The molecule has 2 fully saturated rings. The Balaban J connectivity index is 1.50. The quantitative estimate of drug-likeness (QED) is 0.658. The van der Waals surface area contributed by atoms with Gasteiger partial charge in [-0.25, -0.2) is 0 Å². The summed E-state index contributed by atoms with van der Waals surface area (Å²) in [7, 11) is 0. The molecule has 146 valence electrons. The van der Waals surface area contributed by atoms with E-state index < -0.39 is 0 Å². The van der Waals surface area contributed by atoms with Crippen LogP contribution < -0.4 is 10.7 Å². The summed E-state index contributed by atoms with van der Waals surface area (Å²) in [5.74, 6) is 0.651. The van der Waals surface area contributed by atoms with Crippen LogP contribution in [0.15, 0.2) is 45.6 Å². The maximum absolute atomic E-state index is 13.2. The van der Waals surface area contributed by atoms with E-state index in [1.54, 1.807) is 0 Å². The zero-order chi connectivity index (χ0) is 19.1. The first kappa shape index (κ1) is 17.7. The molecule has 1 N–H and O–H groups in total. The van der Waals surface area contributed by atoms with Crippen LogP contribution in [0.25, 0.3) is 21.9 Å². The lowest BCUT2D eigenvalue weighted by Gasteiger charge is -2.44. The van der Waals surface area contributed by atoms with Crippen LogP contribution in [-0.2, 0) is 0 Å². The van der Waals surface area contributed by atoms with Crippen LogP contribution in [0.4, 0.5) is 5.69 Å². The summed E-state index contributed by atoms with van der Waals surface area (Å²) < 4.78 is 6.13. The predicted molar refractivity (Wildman–Crippen MR) is 115 cm³/mol. The number of rotatable bonds is 3. The molecular formula is C24H28N2O2. The number of aryl methyl sites for hydroxylation is 1. The number of benzene rings is 2. The van der Waals surface area contributed by atoms with Crippen molar-refractivity contribution in [2.24, 2.45) is 5.92 Å². The zero-order valence-corrected chi connectivity index (χ0v) is 16.5. The minimum absolute atomic E-state index is 0.0611. The highest BCUT2D eigenvalue weighted by Gasteiger charge is 2.32. The van der Waals surface area contributed by atoms with Gasteiger partial charge in [0.2, 0.25) is 5.43 Å². The second-order valence-electron chi connectivity index (χ2n) is 8.44. The monoisotopic (exact) mass is 376 g/mol. The molecule has 1 aromatic heterocycles. The number of hydrogen-bond acceptors (Lipinski definition) is 4. The van der Waals surface area contributed by atoms with Gasteiger partial charge in [0.05, 0.1) is 10.8 Å². The maximum atomic E-state index is 13.2. The van der Waals surface area contributed by atoms with Crippen molar-refractivity contribution < 1.29 is 4.42 Å². The third-order valence-corrected chi connectivity index (χ3v) is 6.71. The molecule has 0 saturated carbocycles. The zero-order valence-electron chi connectivity index (χ0n) is 16.5. The van der Waals surface area contributed by atoms with Crippen molar-refractivity contribution in [2.45, 2.75) is 45.1 Å². The van der Waals surface area contributed by atoms with E-state index in [0.717, 1.165) is 17.8 Å². The van der Waals surface area contributed by atoms with Crippen LogP contribution in [0.2, 0.25) is 0 Å². The van der Waals surface area contributed by atoms with E-state index in [1.165, 1.54) is 45.2 Å². The molecule has 0 unspecified atom stereocenters. The first-order chi connectivity index (χ1) is 13.7. The molecule has 0 spiro atoms. The lowest BCUT2D eigenvalue weighted by atomic mass is 9.83. The summed E-state index contributed by atoms with van der Waals surface area (Å²) in [6.45, 7) is 5.44. The Morgan fingerprint density at radius 3 is 2.86 bits per heavy atom. The van der Waals surface area contributed by atoms with E-state index in [-0.39, 0.29) is 5.43 Å². The van der Waals surface area contributed by atoms with Gasteiger partial charge >= 0.3 is 0 Å². The van der Waals surface area contributed by atoms with E-state index in [1.807, 2.05) is 37.3 Å². The summed E-state index contributed by atoms with van der Waals surface area (Å²) in [6, 6.07) is 12.3. The summed E-state index contributed by atoms with van der Waals surface area (Å²) in [5, 5.41) is 4.98. The van der Waals surface area contributed by atoms with E-state index in [0.29, 0.717) is 33.9 Å². The molecule has 28 heavy (non-hydrogen) atoms. The van der Waals surface area contributed by atoms with E-state index >= 15 is 0 Å². The number of nitrogens with one attached hydrogen (secondary N) is 1. The SMILES string of the molecule is Cc1ccc(NC[C@@H]2CCCN3CCCC[C@H]23)c2c(=O)c3ccccc3oc12. The highest BCUT2D eigenvalue weighted by Crippen LogP contribution is 2.32. The summed E-state index contributed by atoms with van der Waals surface area (Å²) in [4.78, 5) is 15.9. The van der Waals surface area contributed by atoms with Crippen LogP contribution in [0.5, 0.6) is 0 Å². The molecule has 2 aliphatic heterocycles. The smallest absolute Gasteiger partial charge is 0.202 e. The molecule has 3 heterocycles. The molecule has 0 radical (unpaired) electrons. The summed E-state index contributed by atoms with van der Waals surface area (Å²) in [5.41, 5.74) is 3.33. The van der Waals surface area contributed by atoms with Crippen molar-refractivity contribution in [3.8, 4) is 0 Å². The number of nitrogens with zero attached hydrogens (tertiary/aromatic N) is 1. The van der Waals surface area contributed by atoms with Gasteiger partial charge < -0.3 is 14.6 Å². The lowest BCUT2D eigenvalue weighted by molar-refractivity contribution is 0.0649. The molecule has 0 bridgehead atoms. The fourth-order valence-corrected chi connectivity index (χ4v) is 5.24. The Morgan fingerprint density at radius 2 is 1.93 bits per heavy atom. The Kier molecular flexibility index (Phi) is 4.59. The maximum Gasteiger partial charge on any atom is 0.202 e. The average molecular weight is 377 g/mol. The topological polar surface area (TPSA) is 45.5 Å². The molecule has 3 aromatic rings. The molecule has 2 aromatic carbocycles. The average Bonchev–Trinajstić information content (AvgIpc) is 2.74. The summed E-state index contributed by atoms with van der Waals surface area (Å²) in [6.07, 6.45) is 6.56. The first-order valence-corrected chi connectivity index (χ1v) is 10.7.